The quantitative estimate of drug-likeness (QED) is 0.324. The van der Waals surface area contributed by atoms with Gasteiger partial charge in [0.1, 0.15) is 5.75 Å². The minimum Gasteiger partial charge on any atom is -0.496 e. The van der Waals surface area contributed by atoms with Crippen molar-refractivity contribution in [3.63, 3.8) is 0 Å². The van der Waals surface area contributed by atoms with Crippen LogP contribution in [0.15, 0.2) is 47.5 Å². The van der Waals surface area contributed by atoms with Crippen molar-refractivity contribution in [2.45, 2.75) is 20.0 Å². The highest BCUT2D eigenvalue weighted by atomic mass is 127. The number of aliphatic imine (C=N–C) groups is 1. The molecular weight excluding hydrogens is 503 g/mol. The van der Waals surface area contributed by atoms with Crippen molar-refractivity contribution in [1.29, 1.82) is 0 Å². The number of carbonyl (C=O) groups is 1. The average Bonchev–Trinajstić information content (AvgIpc) is 2.70. The van der Waals surface area contributed by atoms with Crippen LogP contribution < -0.4 is 15.4 Å². The summed E-state index contributed by atoms with van der Waals surface area (Å²) in [6.45, 7) is 3.83. The molecule has 0 radical (unpaired) electrons. The van der Waals surface area contributed by atoms with Gasteiger partial charge in [0.2, 0.25) is 0 Å². The summed E-state index contributed by atoms with van der Waals surface area (Å²) < 4.78 is 5.38. The van der Waals surface area contributed by atoms with Crippen LogP contribution in [0.1, 0.15) is 28.4 Å². The van der Waals surface area contributed by atoms with E-state index in [-0.39, 0.29) is 29.9 Å². The predicted octanol–water partition coefficient (Wildman–Crippen LogP) is 3.92. The van der Waals surface area contributed by atoms with Crippen LogP contribution in [0.5, 0.6) is 5.75 Å². The van der Waals surface area contributed by atoms with Crippen LogP contribution in [-0.2, 0) is 13.1 Å². The second kappa shape index (κ2) is 12.5. The standard InChI is InChI=1S/C21H27ClN4O2.HI/c1-5-23-21(25-14-17-10-11-18(22)12-19(17)28-4)24-13-15-6-8-16(9-7-15)20(27)26(2)3;/h6-12H,5,13-14H2,1-4H3,(H2,23,24,25);1H. The second-order valence-electron chi connectivity index (χ2n) is 6.40. The van der Waals surface area contributed by atoms with Crippen LogP contribution >= 0.6 is 35.6 Å². The fraction of sp³-hybridized carbons (Fsp3) is 0.333. The molecule has 0 bridgehead atoms. The number of carbonyl (C=O) groups excluding carboxylic acids is 1. The van der Waals surface area contributed by atoms with Gasteiger partial charge in [-0.1, -0.05) is 29.8 Å². The SMILES string of the molecule is CCNC(=NCc1ccc(C(=O)N(C)C)cc1)NCc1ccc(Cl)cc1OC.I. The number of benzene rings is 2. The summed E-state index contributed by atoms with van der Waals surface area (Å²) in [7, 11) is 5.11. The van der Waals surface area contributed by atoms with E-state index in [1.165, 1.54) is 0 Å². The van der Waals surface area contributed by atoms with Crippen molar-refractivity contribution in [2.24, 2.45) is 4.99 Å². The van der Waals surface area contributed by atoms with E-state index in [0.29, 0.717) is 29.6 Å². The highest BCUT2D eigenvalue weighted by Crippen LogP contribution is 2.22. The lowest BCUT2D eigenvalue weighted by Gasteiger charge is -2.14. The van der Waals surface area contributed by atoms with Gasteiger partial charge >= 0.3 is 0 Å². The first-order chi connectivity index (χ1) is 13.4. The number of hydrogen-bond donors (Lipinski definition) is 2. The van der Waals surface area contributed by atoms with Crippen molar-refractivity contribution in [2.75, 3.05) is 27.7 Å². The van der Waals surface area contributed by atoms with Crippen molar-refractivity contribution in [3.8, 4) is 5.75 Å². The number of rotatable bonds is 7. The molecule has 0 saturated heterocycles. The molecule has 8 heteroatoms. The minimum atomic E-state index is -0.0121. The Morgan fingerprint density at radius 2 is 1.83 bits per heavy atom. The molecule has 6 nitrogen and oxygen atoms in total. The summed E-state index contributed by atoms with van der Waals surface area (Å²) in [6, 6.07) is 13.1. The lowest BCUT2D eigenvalue weighted by Crippen LogP contribution is -2.36. The largest absolute Gasteiger partial charge is 0.496 e. The molecule has 0 saturated carbocycles. The number of hydrogen-bond acceptors (Lipinski definition) is 3. The van der Waals surface area contributed by atoms with Gasteiger partial charge in [0.25, 0.3) is 5.91 Å². The molecule has 0 heterocycles. The lowest BCUT2D eigenvalue weighted by atomic mass is 10.1. The zero-order chi connectivity index (χ0) is 20.5. The van der Waals surface area contributed by atoms with Gasteiger partial charge in [-0.05, 0) is 36.8 Å². The van der Waals surface area contributed by atoms with Gasteiger partial charge in [0.05, 0.1) is 13.7 Å². The number of methoxy groups -OCH3 is 1. The number of amides is 1. The molecule has 0 aliphatic rings. The molecule has 2 aromatic rings. The number of guanidine groups is 1. The first kappa shape index (κ1) is 25.0. The summed E-state index contributed by atoms with van der Waals surface area (Å²) in [4.78, 5) is 18.1. The topological polar surface area (TPSA) is 66.0 Å². The van der Waals surface area contributed by atoms with Crippen molar-refractivity contribution >= 4 is 47.4 Å². The molecule has 2 N–H and O–H groups in total. The normalized spacial score (nSPS) is 10.7. The molecule has 0 spiro atoms. The lowest BCUT2D eigenvalue weighted by molar-refractivity contribution is 0.0827. The van der Waals surface area contributed by atoms with Crippen LogP contribution in [0.2, 0.25) is 5.02 Å². The van der Waals surface area contributed by atoms with Crippen molar-refractivity contribution in [1.82, 2.24) is 15.5 Å². The molecule has 2 aromatic carbocycles. The third kappa shape index (κ3) is 7.74. The molecule has 2 rings (SSSR count). The van der Waals surface area contributed by atoms with Gasteiger partial charge in [-0.2, -0.15) is 0 Å². The summed E-state index contributed by atoms with van der Waals surface area (Å²) in [6.07, 6.45) is 0. The summed E-state index contributed by atoms with van der Waals surface area (Å²) >= 11 is 6.01. The Balaban J connectivity index is 0.00000420. The maximum Gasteiger partial charge on any atom is 0.253 e. The summed E-state index contributed by atoms with van der Waals surface area (Å²) in [5.74, 6) is 1.42. The van der Waals surface area contributed by atoms with E-state index in [2.05, 4.69) is 15.6 Å². The fourth-order valence-electron chi connectivity index (χ4n) is 2.57. The monoisotopic (exact) mass is 530 g/mol. The first-order valence-electron chi connectivity index (χ1n) is 9.09. The minimum absolute atomic E-state index is 0. The predicted molar refractivity (Wildman–Crippen MR) is 130 cm³/mol. The van der Waals surface area contributed by atoms with Gasteiger partial charge in [-0.3, -0.25) is 4.79 Å². The fourth-order valence-corrected chi connectivity index (χ4v) is 2.73. The third-order valence-corrected chi connectivity index (χ3v) is 4.30. The van der Waals surface area contributed by atoms with Gasteiger partial charge in [0, 0.05) is 43.3 Å². The molecule has 0 aliphatic carbocycles. The molecule has 0 fully saturated rings. The smallest absolute Gasteiger partial charge is 0.253 e. The van der Waals surface area contributed by atoms with Gasteiger partial charge < -0.3 is 20.3 Å². The molecule has 0 aliphatic heterocycles. The van der Waals surface area contributed by atoms with E-state index in [4.69, 9.17) is 16.3 Å². The van der Waals surface area contributed by atoms with Crippen molar-refractivity contribution in [3.05, 3.63) is 64.2 Å². The molecular formula is C21H28ClIN4O2. The number of ether oxygens (including phenoxy) is 1. The first-order valence-corrected chi connectivity index (χ1v) is 9.47. The highest BCUT2D eigenvalue weighted by molar-refractivity contribution is 14.0. The van der Waals surface area contributed by atoms with Crippen LogP contribution in [0.4, 0.5) is 0 Å². The Morgan fingerprint density at radius 1 is 1.14 bits per heavy atom. The Kier molecular flexibility index (Phi) is 10.8. The molecule has 158 valence electrons. The van der Waals surface area contributed by atoms with Crippen LogP contribution in [-0.4, -0.2) is 44.5 Å². The van der Waals surface area contributed by atoms with Crippen LogP contribution in [0.25, 0.3) is 0 Å². The summed E-state index contributed by atoms with van der Waals surface area (Å²) in [5, 5.41) is 7.17. The van der Waals surface area contributed by atoms with Gasteiger partial charge in [-0.25, -0.2) is 4.99 Å². The number of nitrogens with one attached hydrogen (secondary N) is 2. The summed E-state index contributed by atoms with van der Waals surface area (Å²) in [5.41, 5.74) is 2.68. The second-order valence-corrected chi connectivity index (χ2v) is 6.84. The third-order valence-electron chi connectivity index (χ3n) is 4.07. The zero-order valence-electron chi connectivity index (χ0n) is 17.2. The van der Waals surface area contributed by atoms with Gasteiger partial charge in [0.15, 0.2) is 5.96 Å². The van der Waals surface area contributed by atoms with Gasteiger partial charge in [-0.15, -0.1) is 24.0 Å². The molecule has 0 atom stereocenters. The van der Waals surface area contributed by atoms with Crippen LogP contribution in [0, 0.1) is 0 Å². The molecule has 1 amide bonds. The maximum atomic E-state index is 12.0. The Hall–Kier alpha value is -2.00. The molecule has 0 aromatic heterocycles. The van der Waals surface area contributed by atoms with E-state index >= 15 is 0 Å². The van der Waals surface area contributed by atoms with E-state index in [9.17, 15) is 4.79 Å². The Labute approximate surface area is 194 Å². The van der Waals surface area contributed by atoms with E-state index in [0.717, 1.165) is 23.4 Å². The van der Waals surface area contributed by atoms with Crippen LogP contribution in [0.3, 0.4) is 0 Å². The Bertz CT molecular complexity index is 826. The zero-order valence-corrected chi connectivity index (χ0v) is 20.2. The Morgan fingerprint density at radius 3 is 2.41 bits per heavy atom. The van der Waals surface area contributed by atoms with Crippen molar-refractivity contribution < 1.29 is 9.53 Å². The maximum absolute atomic E-state index is 12.0. The van der Waals surface area contributed by atoms with E-state index in [1.54, 1.807) is 32.2 Å². The number of halogens is 2. The van der Waals surface area contributed by atoms with E-state index in [1.807, 2.05) is 43.3 Å². The highest BCUT2D eigenvalue weighted by Gasteiger charge is 2.08. The number of nitrogens with zero attached hydrogens (tertiary/aromatic N) is 2. The molecule has 0 unspecified atom stereocenters. The van der Waals surface area contributed by atoms with E-state index < -0.39 is 0 Å². The average molecular weight is 531 g/mol. The molecule has 29 heavy (non-hydrogen) atoms.